The molecule has 0 amide bonds. The lowest BCUT2D eigenvalue weighted by molar-refractivity contribution is 0.660. The van der Waals surface area contributed by atoms with Gasteiger partial charge in [0.2, 0.25) is 0 Å². The van der Waals surface area contributed by atoms with Crippen LogP contribution < -0.4 is 0 Å². The minimum atomic E-state index is 1.13. The molecule has 0 radical (unpaired) electrons. The van der Waals surface area contributed by atoms with Crippen LogP contribution in [0.5, 0.6) is 0 Å². The maximum absolute atomic E-state index is 5.49. The molecule has 0 aliphatic carbocycles. The lowest BCUT2D eigenvalue weighted by atomic mass is 10.3. The van der Waals surface area contributed by atoms with Gasteiger partial charge in [-0.1, -0.05) is 11.6 Å². The van der Waals surface area contributed by atoms with Crippen molar-refractivity contribution in [2.24, 2.45) is 0 Å². The summed E-state index contributed by atoms with van der Waals surface area (Å²) < 4.78 is 2.10. The topological polar surface area (TPSA) is 3.24 Å². The Balaban J connectivity index is 2.55. The van der Waals surface area contributed by atoms with E-state index in [2.05, 4.69) is 14.1 Å². The third-order valence-electron chi connectivity index (χ3n) is 1.33. The third-order valence-corrected chi connectivity index (χ3v) is 2.17. The van der Waals surface area contributed by atoms with Gasteiger partial charge in [0.15, 0.2) is 0 Å². The monoisotopic (exact) mass is 149 g/mol. The fraction of sp³-hybridized carbons (Fsp3) is 0.600. The van der Waals surface area contributed by atoms with Crippen LogP contribution in [0.3, 0.4) is 0 Å². The van der Waals surface area contributed by atoms with Crippen LogP contribution in [0.2, 0.25) is 0 Å². The summed E-state index contributed by atoms with van der Waals surface area (Å²) in [6, 6.07) is 0. The van der Waals surface area contributed by atoms with E-state index < -0.39 is 0 Å². The molecule has 0 N–H and O–H groups in total. The molecule has 1 aliphatic rings. The molecule has 1 nitrogen and oxygen atoms in total. The summed E-state index contributed by atoms with van der Waals surface area (Å²) in [5.41, 5.74) is 2.89. The van der Waals surface area contributed by atoms with Crippen molar-refractivity contribution in [3.8, 4) is 0 Å². The third kappa shape index (κ3) is 1.15. The van der Waals surface area contributed by atoms with Crippen molar-refractivity contribution in [2.75, 3.05) is 6.54 Å². The second-order valence-electron chi connectivity index (χ2n) is 1.90. The molecule has 8 heavy (non-hydrogen) atoms. The van der Waals surface area contributed by atoms with Gasteiger partial charge in [0.25, 0.3) is 0 Å². The molecule has 1 unspecified atom stereocenters. The molecule has 1 atom stereocenters. The largest absolute Gasteiger partial charge is 0.359 e. The van der Waals surface area contributed by atoms with Gasteiger partial charge in [0, 0.05) is 17.8 Å². The Bertz CT molecular complexity index is 113. The summed E-state index contributed by atoms with van der Waals surface area (Å²) in [6.45, 7) is 1.13. The van der Waals surface area contributed by atoms with E-state index in [9.17, 15) is 0 Å². The summed E-state index contributed by atoms with van der Waals surface area (Å²) in [6.07, 6.45) is 2.37. The van der Waals surface area contributed by atoms with E-state index in [0.717, 1.165) is 13.0 Å². The van der Waals surface area contributed by atoms with Gasteiger partial charge in [-0.05, 0) is 22.2 Å². The van der Waals surface area contributed by atoms with Crippen molar-refractivity contribution in [1.82, 2.24) is 4.67 Å². The first-order valence-corrected chi connectivity index (χ1v) is 3.61. The highest BCUT2D eigenvalue weighted by molar-refractivity contribution is 7.13. The van der Waals surface area contributed by atoms with E-state index in [-0.39, 0.29) is 0 Å². The van der Waals surface area contributed by atoms with Gasteiger partial charge in [-0.2, -0.15) is 0 Å². The van der Waals surface area contributed by atoms with E-state index in [4.69, 9.17) is 11.6 Å². The summed E-state index contributed by atoms with van der Waals surface area (Å²) in [4.78, 5) is 0. The zero-order valence-corrected chi connectivity index (χ0v) is 6.51. The summed E-state index contributed by atoms with van der Waals surface area (Å²) >= 11 is 5.49. The quantitative estimate of drug-likeness (QED) is 0.476. The normalized spacial score (nSPS) is 25.2. The molecule has 46 valence electrons. The van der Waals surface area contributed by atoms with Crippen LogP contribution in [0.1, 0.15) is 12.8 Å². The molecule has 3 heteroatoms. The SMILES string of the molecule is PN1CCC/C1=C/Cl. The van der Waals surface area contributed by atoms with Crippen molar-refractivity contribution >= 4 is 21.0 Å². The summed E-state index contributed by atoms with van der Waals surface area (Å²) in [5, 5.41) is 0. The zero-order chi connectivity index (χ0) is 5.98. The molecule has 0 bridgehead atoms. The number of allylic oxidation sites excluding steroid dienone is 1. The molecular weight excluding hydrogens is 140 g/mol. The first kappa shape index (κ1) is 6.38. The van der Waals surface area contributed by atoms with E-state index in [0.29, 0.717) is 0 Å². The molecule has 1 fully saturated rings. The highest BCUT2D eigenvalue weighted by atomic mass is 35.5. The van der Waals surface area contributed by atoms with E-state index in [1.807, 2.05) is 0 Å². The fourth-order valence-corrected chi connectivity index (χ4v) is 1.55. The molecule has 0 aromatic rings. The maximum Gasteiger partial charge on any atom is 0.0277 e. The van der Waals surface area contributed by atoms with Crippen LogP contribution in [-0.4, -0.2) is 11.2 Å². The lowest BCUT2D eigenvalue weighted by Crippen LogP contribution is -1.99. The second kappa shape index (κ2) is 2.70. The van der Waals surface area contributed by atoms with Gasteiger partial charge < -0.3 is 4.67 Å². The average molecular weight is 150 g/mol. The van der Waals surface area contributed by atoms with Crippen LogP contribution in [0.4, 0.5) is 0 Å². The Morgan fingerprint density at radius 3 is 2.75 bits per heavy atom. The standard InChI is InChI=1S/C5H9ClNP/c6-4-5-2-1-3-7(5)8/h4H,1-3,8H2/b5-4-. The van der Waals surface area contributed by atoms with Gasteiger partial charge in [-0.15, -0.1) is 0 Å². The smallest absolute Gasteiger partial charge is 0.0277 e. The van der Waals surface area contributed by atoms with Crippen molar-refractivity contribution in [2.45, 2.75) is 12.8 Å². The van der Waals surface area contributed by atoms with E-state index in [1.165, 1.54) is 12.1 Å². The molecule has 0 saturated carbocycles. The van der Waals surface area contributed by atoms with Crippen molar-refractivity contribution < 1.29 is 0 Å². The molecule has 0 aromatic carbocycles. The van der Waals surface area contributed by atoms with Crippen LogP contribution in [-0.2, 0) is 0 Å². The Morgan fingerprint density at radius 2 is 2.50 bits per heavy atom. The van der Waals surface area contributed by atoms with E-state index in [1.54, 1.807) is 5.54 Å². The molecule has 0 spiro atoms. The molecule has 1 rings (SSSR count). The number of hydrogen-bond donors (Lipinski definition) is 0. The Labute approximate surface area is 57.0 Å². The molecular formula is C5H9ClNP. The maximum atomic E-state index is 5.49. The summed E-state index contributed by atoms with van der Waals surface area (Å²) in [5.74, 6) is 0. The number of nitrogens with zero attached hydrogens (tertiary/aromatic N) is 1. The average Bonchev–Trinajstić information content (AvgIpc) is 2.14. The van der Waals surface area contributed by atoms with E-state index >= 15 is 0 Å². The minimum absolute atomic E-state index is 1.13. The second-order valence-corrected chi connectivity index (χ2v) is 2.74. The van der Waals surface area contributed by atoms with Gasteiger partial charge >= 0.3 is 0 Å². The Morgan fingerprint density at radius 1 is 1.75 bits per heavy atom. The number of rotatable bonds is 0. The van der Waals surface area contributed by atoms with Gasteiger partial charge in [0.1, 0.15) is 0 Å². The first-order valence-electron chi connectivity index (χ1n) is 2.66. The van der Waals surface area contributed by atoms with Crippen LogP contribution in [0, 0.1) is 0 Å². The van der Waals surface area contributed by atoms with Crippen molar-refractivity contribution in [1.29, 1.82) is 0 Å². The fourth-order valence-electron chi connectivity index (χ4n) is 0.835. The number of hydrogen-bond acceptors (Lipinski definition) is 1. The predicted molar refractivity (Wildman–Crippen MR) is 39.6 cm³/mol. The van der Waals surface area contributed by atoms with Gasteiger partial charge in [-0.3, -0.25) is 0 Å². The Hall–Kier alpha value is 0.260. The van der Waals surface area contributed by atoms with Crippen molar-refractivity contribution in [3.63, 3.8) is 0 Å². The highest BCUT2D eigenvalue weighted by Gasteiger charge is 2.10. The van der Waals surface area contributed by atoms with Crippen LogP contribution >= 0.6 is 21.0 Å². The summed E-state index contributed by atoms with van der Waals surface area (Å²) in [7, 11) is 2.64. The van der Waals surface area contributed by atoms with Crippen molar-refractivity contribution in [3.05, 3.63) is 11.2 Å². The van der Waals surface area contributed by atoms with Gasteiger partial charge in [-0.25, -0.2) is 0 Å². The first-order chi connectivity index (χ1) is 3.84. The highest BCUT2D eigenvalue weighted by Crippen LogP contribution is 2.24. The Kier molecular flexibility index (Phi) is 2.16. The lowest BCUT2D eigenvalue weighted by Gasteiger charge is -2.09. The molecule has 0 aromatic heterocycles. The van der Waals surface area contributed by atoms with Crippen LogP contribution in [0.25, 0.3) is 0 Å². The number of halogens is 1. The molecule has 1 aliphatic heterocycles. The van der Waals surface area contributed by atoms with Crippen LogP contribution in [0.15, 0.2) is 11.2 Å². The zero-order valence-electron chi connectivity index (χ0n) is 4.60. The van der Waals surface area contributed by atoms with Gasteiger partial charge in [0.05, 0.1) is 0 Å². The molecule has 1 saturated heterocycles. The predicted octanol–water partition coefficient (Wildman–Crippen LogP) is 1.95. The minimum Gasteiger partial charge on any atom is -0.359 e. The molecule has 1 heterocycles.